The minimum atomic E-state index is -0.390. The summed E-state index contributed by atoms with van der Waals surface area (Å²) < 4.78 is 0. The summed E-state index contributed by atoms with van der Waals surface area (Å²) in [4.78, 5) is 14.5. The molecule has 5 rings (SSSR count). The normalized spacial score (nSPS) is 48.6. The van der Waals surface area contributed by atoms with Crippen molar-refractivity contribution in [1.29, 1.82) is 5.26 Å². The van der Waals surface area contributed by atoms with Gasteiger partial charge in [0.1, 0.15) is 6.04 Å². The van der Waals surface area contributed by atoms with Gasteiger partial charge in [-0.15, -0.1) is 0 Å². The number of carbonyl (C=O) groups excluding carboxylic acids is 1. The molecule has 0 radical (unpaired) electrons. The van der Waals surface area contributed by atoms with Crippen LogP contribution in [0, 0.1) is 34.0 Å². The van der Waals surface area contributed by atoms with Crippen LogP contribution in [0.3, 0.4) is 0 Å². The van der Waals surface area contributed by atoms with E-state index in [9.17, 15) is 4.79 Å². The van der Waals surface area contributed by atoms with Crippen molar-refractivity contribution < 1.29 is 4.79 Å². The molecule has 4 saturated carbocycles. The zero-order valence-corrected chi connectivity index (χ0v) is 12.8. The maximum absolute atomic E-state index is 12.8. The average molecular weight is 287 g/mol. The first-order chi connectivity index (χ1) is 9.95. The van der Waals surface area contributed by atoms with E-state index in [1.807, 2.05) is 0 Å². The van der Waals surface area contributed by atoms with E-state index in [0.29, 0.717) is 12.0 Å². The van der Waals surface area contributed by atoms with Crippen molar-refractivity contribution in [1.82, 2.24) is 4.90 Å². The van der Waals surface area contributed by atoms with E-state index in [1.54, 1.807) is 4.90 Å². The third kappa shape index (κ3) is 1.86. The zero-order valence-electron chi connectivity index (χ0n) is 12.8. The Hall–Kier alpha value is -1.08. The van der Waals surface area contributed by atoms with Gasteiger partial charge >= 0.3 is 0 Å². The topological polar surface area (TPSA) is 70.1 Å². The first-order valence-electron chi connectivity index (χ1n) is 8.40. The van der Waals surface area contributed by atoms with E-state index in [1.165, 1.54) is 19.3 Å². The monoisotopic (exact) mass is 287 g/mol. The van der Waals surface area contributed by atoms with Crippen molar-refractivity contribution in [2.75, 3.05) is 6.54 Å². The number of nitrogens with two attached hydrogens (primary N) is 1. The van der Waals surface area contributed by atoms with Crippen molar-refractivity contribution in [2.45, 2.75) is 64.0 Å². The summed E-state index contributed by atoms with van der Waals surface area (Å²) in [6.07, 6.45) is 8.21. The van der Waals surface area contributed by atoms with E-state index in [4.69, 9.17) is 11.0 Å². The molecule has 21 heavy (non-hydrogen) atoms. The van der Waals surface area contributed by atoms with Crippen molar-refractivity contribution in [3.05, 3.63) is 0 Å². The number of nitriles is 1. The van der Waals surface area contributed by atoms with Crippen LogP contribution in [0.4, 0.5) is 0 Å². The largest absolute Gasteiger partial charge is 0.325 e. The fraction of sp³-hybridized carbons (Fsp3) is 0.882. The van der Waals surface area contributed by atoms with Gasteiger partial charge in [-0.2, -0.15) is 5.26 Å². The molecule has 0 aromatic carbocycles. The molecule has 5 aliphatic rings. The number of amides is 1. The molecule has 0 aromatic heterocycles. The van der Waals surface area contributed by atoms with Crippen LogP contribution in [0.5, 0.6) is 0 Å². The molecule has 1 saturated heterocycles. The lowest BCUT2D eigenvalue weighted by molar-refractivity contribution is -0.154. The van der Waals surface area contributed by atoms with Gasteiger partial charge in [0, 0.05) is 6.54 Å². The van der Waals surface area contributed by atoms with Gasteiger partial charge in [-0.3, -0.25) is 4.79 Å². The van der Waals surface area contributed by atoms with Gasteiger partial charge in [0.2, 0.25) is 5.91 Å². The van der Waals surface area contributed by atoms with E-state index in [2.05, 4.69) is 13.0 Å². The summed E-state index contributed by atoms with van der Waals surface area (Å²) in [5, 5.41) is 9.08. The van der Waals surface area contributed by atoms with Gasteiger partial charge < -0.3 is 10.6 Å². The summed E-state index contributed by atoms with van der Waals surface area (Å²) in [6, 6.07) is 1.60. The van der Waals surface area contributed by atoms with Crippen molar-refractivity contribution in [3.8, 4) is 6.07 Å². The summed E-state index contributed by atoms with van der Waals surface area (Å²) in [5.41, 5.74) is 6.93. The first-order valence-corrected chi connectivity index (χ1v) is 8.40. The molecule has 2 unspecified atom stereocenters. The van der Waals surface area contributed by atoms with Crippen LogP contribution < -0.4 is 5.73 Å². The van der Waals surface area contributed by atoms with Gasteiger partial charge in [-0.05, 0) is 67.6 Å². The standard InChI is InChI=1S/C17H25N3O/c1-16-5-11-4-12(6-16)8-17(7-11,10-16)14(19)15(21)20-3-2-13(20)9-18/h11-14H,2-8,10,19H2,1H3/t11?,12?,13-,14+,16?,17?/m0/s1. The Bertz CT molecular complexity index is 509. The highest BCUT2D eigenvalue weighted by atomic mass is 16.2. The molecule has 114 valence electrons. The predicted octanol–water partition coefficient (Wildman–Crippen LogP) is 2.04. The number of hydrogen-bond donors (Lipinski definition) is 1. The molecular weight excluding hydrogens is 262 g/mol. The second-order valence-electron chi connectivity index (χ2n) is 8.58. The van der Waals surface area contributed by atoms with Crippen molar-refractivity contribution in [2.24, 2.45) is 28.4 Å². The van der Waals surface area contributed by atoms with E-state index >= 15 is 0 Å². The molecule has 4 aliphatic carbocycles. The van der Waals surface area contributed by atoms with E-state index in [-0.39, 0.29) is 23.4 Å². The minimum Gasteiger partial charge on any atom is -0.325 e. The molecule has 1 amide bonds. The molecule has 4 atom stereocenters. The second kappa shape index (κ2) is 4.23. The lowest BCUT2D eigenvalue weighted by Gasteiger charge is -2.63. The van der Waals surface area contributed by atoms with Gasteiger partial charge in [0.15, 0.2) is 0 Å². The Morgan fingerprint density at radius 1 is 1.33 bits per heavy atom. The third-order valence-electron chi connectivity index (χ3n) is 6.78. The summed E-state index contributed by atoms with van der Waals surface area (Å²) in [6.45, 7) is 3.11. The maximum Gasteiger partial charge on any atom is 0.241 e. The van der Waals surface area contributed by atoms with Crippen molar-refractivity contribution >= 4 is 5.91 Å². The number of carbonyl (C=O) groups is 1. The lowest BCUT2D eigenvalue weighted by Crippen LogP contribution is -2.64. The summed E-state index contributed by atoms with van der Waals surface area (Å²) >= 11 is 0. The molecule has 4 heteroatoms. The number of rotatable bonds is 2. The summed E-state index contributed by atoms with van der Waals surface area (Å²) in [5.74, 6) is 1.59. The number of nitrogens with zero attached hydrogens (tertiary/aromatic N) is 2. The van der Waals surface area contributed by atoms with Crippen molar-refractivity contribution in [3.63, 3.8) is 0 Å². The van der Waals surface area contributed by atoms with Crippen LogP contribution in [-0.4, -0.2) is 29.4 Å². The van der Waals surface area contributed by atoms with Gasteiger partial charge in [0.05, 0.1) is 12.1 Å². The smallest absolute Gasteiger partial charge is 0.241 e. The summed E-state index contributed by atoms with van der Waals surface area (Å²) in [7, 11) is 0. The Morgan fingerprint density at radius 2 is 2.00 bits per heavy atom. The molecule has 0 spiro atoms. The second-order valence-corrected chi connectivity index (χ2v) is 8.58. The van der Waals surface area contributed by atoms with Gasteiger partial charge in [0.25, 0.3) is 0 Å². The number of hydrogen-bond acceptors (Lipinski definition) is 3. The molecule has 4 nitrogen and oxygen atoms in total. The lowest BCUT2D eigenvalue weighted by atomic mass is 9.43. The zero-order chi connectivity index (χ0) is 14.8. The fourth-order valence-electron chi connectivity index (χ4n) is 6.39. The number of likely N-dealkylation sites (tertiary alicyclic amines) is 1. The Labute approximate surface area is 126 Å². The maximum atomic E-state index is 12.8. The fourth-order valence-corrected chi connectivity index (χ4v) is 6.39. The SMILES string of the molecule is CC12CC3CC(C1)CC([C@H](N)C(=O)N1CC[C@H]1C#N)(C3)C2. The van der Waals surface area contributed by atoms with Crippen LogP contribution in [0.15, 0.2) is 0 Å². The molecule has 4 bridgehead atoms. The van der Waals surface area contributed by atoms with Crippen LogP contribution in [0.1, 0.15) is 51.9 Å². The average Bonchev–Trinajstić information content (AvgIpc) is 2.34. The highest BCUT2D eigenvalue weighted by molar-refractivity contribution is 5.84. The third-order valence-corrected chi connectivity index (χ3v) is 6.78. The molecule has 2 N–H and O–H groups in total. The van der Waals surface area contributed by atoms with Crippen LogP contribution in [0.2, 0.25) is 0 Å². The van der Waals surface area contributed by atoms with Crippen LogP contribution in [0.25, 0.3) is 0 Å². The molecule has 1 heterocycles. The Morgan fingerprint density at radius 3 is 2.48 bits per heavy atom. The predicted molar refractivity (Wildman–Crippen MR) is 78.9 cm³/mol. The highest BCUT2D eigenvalue weighted by Gasteiger charge is 2.59. The molecule has 0 aromatic rings. The van der Waals surface area contributed by atoms with Crippen LogP contribution in [-0.2, 0) is 4.79 Å². The van der Waals surface area contributed by atoms with E-state index in [0.717, 1.165) is 37.5 Å². The molecule has 5 fully saturated rings. The van der Waals surface area contributed by atoms with Gasteiger partial charge in [-0.25, -0.2) is 0 Å². The molecular formula is C17H25N3O. The van der Waals surface area contributed by atoms with E-state index < -0.39 is 0 Å². The first kappa shape index (κ1) is 13.6. The van der Waals surface area contributed by atoms with Crippen LogP contribution >= 0.6 is 0 Å². The minimum absolute atomic E-state index is 0.0194. The Balaban J connectivity index is 1.58. The van der Waals surface area contributed by atoms with Gasteiger partial charge in [-0.1, -0.05) is 6.92 Å². The quantitative estimate of drug-likeness (QED) is 0.845. The Kier molecular flexibility index (Phi) is 2.73. The highest BCUT2D eigenvalue weighted by Crippen LogP contribution is 2.66. The molecule has 1 aliphatic heterocycles.